The minimum atomic E-state index is -4.16. The molecule has 158 valence electrons. The summed E-state index contributed by atoms with van der Waals surface area (Å²) in [5.74, 6) is 0. The largest absolute Gasteiger partial charge is 1.00 e. The molecule has 0 aliphatic carbocycles. The Morgan fingerprint density at radius 1 is 0.704 bits per heavy atom. The maximum Gasteiger partial charge on any atom is 1.00 e. The molecule has 0 aromatic heterocycles. The molecular formula is C21H43NaO4S. The smallest absolute Gasteiger partial charge is 0.748 e. The van der Waals surface area contributed by atoms with Gasteiger partial charge in [-0.3, -0.25) is 0 Å². The number of hydrogen-bond donors (Lipinski definition) is 1. The van der Waals surface area contributed by atoms with E-state index < -0.39 is 15.4 Å². The Bertz CT molecular complexity index is 399. The summed E-state index contributed by atoms with van der Waals surface area (Å²) in [5, 5.41) is 8.51. The third-order valence-corrected chi connectivity index (χ3v) is 6.47. The van der Waals surface area contributed by atoms with E-state index in [-0.39, 0.29) is 35.7 Å². The van der Waals surface area contributed by atoms with Crippen LogP contribution in [0.2, 0.25) is 0 Å². The molecular weight excluding hydrogens is 371 g/mol. The van der Waals surface area contributed by atoms with Gasteiger partial charge in [-0.05, 0) is 26.2 Å². The summed E-state index contributed by atoms with van der Waals surface area (Å²) in [7, 11) is -4.16. The minimum Gasteiger partial charge on any atom is -0.748 e. The van der Waals surface area contributed by atoms with Crippen molar-refractivity contribution in [2.75, 3.05) is 0 Å². The molecule has 0 spiro atoms. The Morgan fingerprint density at radius 2 is 1.04 bits per heavy atom. The Hall–Kier alpha value is 0.870. The van der Waals surface area contributed by atoms with Crippen LogP contribution in [-0.2, 0) is 10.1 Å². The van der Waals surface area contributed by atoms with Crippen molar-refractivity contribution in [3.8, 4) is 0 Å². The van der Waals surface area contributed by atoms with E-state index in [1.165, 1.54) is 32.1 Å². The van der Waals surface area contributed by atoms with Crippen LogP contribution in [0.1, 0.15) is 123 Å². The molecule has 2 unspecified atom stereocenters. The third-order valence-electron chi connectivity index (χ3n) is 5.19. The van der Waals surface area contributed by atoms with Crippen LogP contribution in [0.3, 0.4) is 0 Å². The van der Waals surface area contributed by atoms with E-state index >= 15 is 0 Å². The molecule has 0 rings (SSSR count). The fraction of sp³-hybridized carbons (Fsp3) is 1.00. The van der Waals surface area contributed by atoms with Crippen LogP contribution in [0.25, 0.3) is 0 Å². The average molecular weight is 415 g/mol. The summed E-state index contributed by atoms with van der Waals surface area (Å²) in [6.45, 7) is 4.03. The molecule has 1 N–H and O–H groups in total. The van der Waals surface area contributed by atoms with Gasteiger partial charge in [0.2, 0.25) is 0 Å². The quantitative estimate of drug-likeness (QED) is 0.200. The molecule has 27 heavy (non-hydrogen) atoms. The average Bonchev–Trinajstić information content (AvgIpc) is 2.56. The van der Waals surface area contributed by atoms with Crippen molar-refractivity contribution in [1.82, 2.24) is 0 Å². The van der Waals surface area contributed by atoms with Crippen LogP contribution in [0.5, 0.6) is 0 Å². The molecule has 0 heterocycles. The molecule has 6 heteroatoms. The molecule has 0 aromatic carbocycles. The van der Waals surface area contributed by atoms with Crippen LogP contribution < -0.4 is 29.6 Å². The third kappa shape index (κ3) is 21.4. The summed E-state index contributed by atoms with van der Waals surface area (Å²) in [5.41, 5.74) is 0. The van der Waals surface area contributed by atoms with E-state index in [1.807, 2.05) is 6.92 Å². The van der Waals surface area contributed by atoms with Gasteiger partial charge in [-0.2, -0.15) is 0 Å². The molecule has 4 nitrogen and oxygen atoms in total. The van der Waals surface area contributed by atoms with Gasteiger partial charge in [0.1, 0.15) is 0 Å². The van der Waals surface area contributed by atoms with Gasteiger partial charge < -0.3 is 9.66 Å². The van der Waals surface area contributed by atoms with Gasteiger partial charge in [-0.25, -0.2) is 8.42 Å². The first-order chi connectivity index (χ1) is 12.4. The number of aliphatic hydroxyl groups excluding tert-OH is 1. The predicted octanol–water partition coefficient (Wildman–Crippen LogP) is 2.94. The maximum absolute atomic E-state index is 11.5. The van der Waals surface area contributed by atoms with Crippen molar-refractivity contribution >= 4 is 10.1 Å². The van der Waals surface area contributed by atoms with Crippen molar-refractivity contribution in [3.63, 3.8) is 0 Å². The van der Waals surface area contributed by atoms with Gasteiger partial charge in [-0.1, -0.05) is 96.8 Å². The molecule has 0 aliphatic heterocycles. The Kier molecular flexibility index (Phi) is 22.4. The van der Waals surface area contributed by atoms with E-state index in [0.29, 0.717) is 12.8 Å². The Morgan fingerprint density at radius 3 is 1.37 bits per heavy atom. The van der Waals surface area contributed by atoms with Crippen molar-refractivity contribution in [3.05, 3.63) is 0 Å². The van der Waals surface area contributed by atoms with Crippen molar-refractivity contribution in [1.29, 1.82) is 0 Å². The molecule has 0 saturated heterocycles. The SMILES string of the molecule is CCCCCCCCCCC(CCCCCCCCC(C)O)S(=O)(=O)[O-].[Na+]. The summed E-state index contributed by atoms with van der Waals surface area (Å²) >= 11 is 0. The van der Waals surface area contributed by atoms with E-state index in [1.54, 1.807) is 0 Å². The van der Waals surface area contributed by atoms with Crippen molar-refractivity contribution in [2.45, 2.75) is 134 Å². The predicted molar refractivity (Wildman–Crippen MR) is 109 cm³/mol. The zero-order valence-electron chi connectivity index (χ0n) is 18.3. The normalized spacial score (nSPS) is 13.9. The van der Waals surface area contributed by atoms with Gasteiger partial charge >= 0.3 is 29.6 Å². The van der Waals surface area contributed by atoms with Crippen LogP contribution >= 0.6 is 0 Å². The van der Waals surface area contributed by atoms with Crippen LogP contribution in [0, 0.1) is 0 Å². The summed E-state index contributed by atoms with van der Waals surface area (Å²) < 4.78 is 34.4. The molecule has 0 aromatic rings. The van der Waals surface area contributed by atoms with Crippen LogP contribution in [0.15, 0.2) is 0 Å². The molecule has 0 saturated carbocycles. The van der Waals surface area contributed by atoms with Gasteiger partial charge in [0.05, 0.1) is 16.2 Å². The van der Waals surface area contributed by atoms with Crippen LogP contribution in [0.4, 0.5) is 0 Å². The standard InChI is InChI=1S/C21H44O4S.Na/c1-3-4-5-6-7-8-12-15-18-21(26(23,24)25)19-16-13-10-9-11-14-17-20(2)22;/h20-22H,3-19H2,1-2H3,(H,23,24,25);/q;+1/p-1. The first-order valence-electron chi connectivity index (χ1n) is 11.0. The number of hydrogen-bond acceptors (Lipinski definition) is 4. The Balaban J connectivity index is 0. The first kappa shape index (κ1) is 30.1. The first-order valence-corrected chi connectivity index (χ1v) is 12.5. The summed E-state index contributed by atoms with van der Waals surface area (Å²) in [6, 6.07) is 0. The second-order valence-electron chi connectivity index (χ2n) is 7.93. The van der Waals surface area contributed by atoms with Crippen molar-refractivity contribution in [2.24, 2.45) is 0 Å². The van der Waals surface area contributed by atoms with Crippen LogP contribution in [-0.4, -0.2) is 29.4 Å². The zero-order chi connectivity index (χ0) is 19.7. The van der Waals surface area contributed by atoms with E-state index in [4.69, 9.17) is 0 Å². The van der Waals surface area contributed by atoms with Crippen molar-refractivity contribution < 1.29 is 47.6 Å². The summed E-state index contributed by atoms with van der Waals surface area (Å²) in [4.78, 5) is 0. The topological polar surface area (TPSA) is 77.4 Å². The van der Waals surface area contributed by atoms with Gasteiger partial charge in [0.25, 0.3) is 0 Å². The number of rotatable bonds is 19. The fourth-order valence-corrected chi connectivity index (χ4v) is 4.37. The number of aliphatic hydroxyl groups is 1. The van der Waals surface area contributed by atoms with Gasteiger partial charge in [0, 0.05) is 5.25 Å². The zero-order valence-corrected chi connectivity index (χ0v) is 21.1. The Labute approximate surface area is 191 Å². The minimum absolute atomic E-state index is 0. The second kappa shape index (κ2) is 20.2. The van der Waals surface area contributed by atoms with E-state index in [2.05, 4.69) is 6.92 Å². The molecule has 0 amide bonds. The second-order valence-corrected chi connectivity index (χ2v) is 9.58. The van der Waals surface area contributed by atoms with Gasteiger partial charge in [0.15, 0.2) is 0 Å². The monoisotopic (exact) mass is 414 g/mol. The molecule has 2 atom stereocenters. The van der Waals surface area contributed by atoms with Gasteiger partial charge in [-0.15, -0.1) is 0 Å². The fourth-order valence-electron chi connectivity index (χ4n) is 3.46. The van der Waals surface area contributed by atoms with E-state index in [0.717, 1.165) is 64.2 Å². The molecule has 0 bridgehead atoms. The number of unbranched alkanes of at least 4 members (excludes halogenated alkanes) is 12. The molecule has 0 aliphatic rings. The maximum atomic E-state index is 11.5. The molecule has 0 radical (unpaired) electrons. The van der Waals surface area contributed by atoms with E-state index in [9.17, 15) is 18.1 Å². The molecule has 0 fully saturated rings. The summed E-state index contributed by atoms with van der Waals surface area (Å²) in [6.07, 6.45) is 17.3.